The van der Waals surface area contributed by atoms with Gasteiger partial charge in [-0.15, -0.1) is 5.10 Å². The van der Waals surface area contributed by atoms with E-state index in [-0.39, 0.29) is 12.3 Å². The summed E-state index contributed by atoms with van der Waals surface area (Å²) in [6, 6.07) is 5.46. The second kappa shape index (κ2) is 8.01. The molecule has 6 nitrogen and oxygen atoms in total. The van der Waals surface area contributed by atoms with Crippen molar-refractivity contribution in [1.29, 1.82) is 0 Å². The molecule has 124 valence electrons. The lowest BCUT2D eigenvalue weighted by molar-refractivity contribution is 0.0902. The summed E-state index contributed by atoms with van der Waals surface area (Å²) in [5, 5.41) is 7.39. The second-order valence-corrected chi connectivity index (χ2v) is 5.43. The molecule has 0 aromatic carbocycles. The maximum Gasteiger partial charge on any atom is 0.254 e. The first-order valence-corrected chi connectivity index (χ1v) is 7.61. The Kier molecular flexibility index (Phi) is 5.78. The van der Waals surface area contributed by atoms with Crippen molar-refractivity contribution in [3.05, 3.63) is 60.9 Å². The summed E-state index contributed by atoms with van der Waals surface area (Å²) < 4.78 is 1.27. The summed E-state index contributed by atoms with van der Waals surface area (Å²) in [4.78, 5) is 21.1. The smallest absolute Gasteiger partial charge is 0.254 e. The lowest BCUT2D eigenvalue weighted by Gasteiger charge is -2.06. The lowest BCUT2D eigenvalue weighted by Crippen LogP contribution is -2.17. The molecule has 2 rings (SSSR count). The van der Waals surface area contributed by atoms with Crippen LogP contribution < -0.4 is 5.32 Å². The molecule has 0 aliphatic heterocycles. The zero-order valence-electron chi connectivity index (χ0n) is 14.0. The molecule has 0 aliphatic rings. The predicted octanol–water partition coefficient (Wildman–Crippen LogP) is 3.49. The van der Waals surface area contributed by atoms with Gasteiger partial charge in [-0.2, -0.15) is 9.67 Å². The molecular weight excluding hydrogens is 302 g/mol. The number of anilines is 1. The first-order valence-electron chi connectivity index (χ1n) is 7.61. The Morgan fingerprint density at radius 3 is 2.79 bits per heavy atom. The Labute approximate surface area is 141 Å². The van der Waals surface area contributed by atoms with Crippen molar-refractivity contribution in [1.82, 2.24) is 19.7 Å². The van der Waals surface area contributed by atoms with Crippen LogP contribution in [-0.4, -0.2) is 32.2 Å². The van der Waals surface area contributed by atoms with Gasteiger partial charge in [-0.05, 0) is 31.6 Å². The maximum absolute atomic E-state index is 12.5. The van der Waals surface area contributed by atoms with E-state index in [1.807, 2.05) is 32.1 Å². The number of hydrogen-bond donors (Lipinski definition) is 1. The predicted molar refractivity (Wildman–Crippen MR) is 95.8 cm³/mol. The Morgan fingerprint density at radius 2 is 2.17 bits per heavy atom. The average Bonchev–Trinajstić information content (AvgIpc) is 2.98. The molecule has 0 fully saturated rings. The fraction of sp³-hybridized carbons (Fsp3) is 0.222. The van der Waals surface area contributed by atoms with Gasteiger partial charge in [0.15, 0.2) is 0 Å². The summed E-state index contributed by atoms with van der Waals surface area (Å²) in [6.07, 6.45) is 5.47. The van der Waals surface area contributed by atoms with Crippen molar-refractivity contribution in [3.8, 4) is 11.5 Å². The molecule has 0 unspecified atom stereocenters. The van der Waals surface area contributed by atoms with Gasteiger partial charge in [0.25, 0.3) is 5.91 Å². The van der Waals surface area contributed by atoms with Crippen molar-refractivity contribution in [2.45, 2.75) is 20.3 Å². The SMILES string of the molecule is C=C(C)CNc1nc(-c2ccccn2)nn1C(=O)CC(=C)/C=C\C. The summed E-state index contributed by atoms with van der Waals surface area (Å²) >= 11 is 0. The molecule has 2 heterocycles. The van der Waals surface area contributed by atoms with Crippen LogP contribution in [0.25, 0.3) is 11.5 Å². The molecule has 1 N–H and O–H groups in total. The maximum atomic E-state index is 12.5. The highest BCUT2D eigenvalue weighted by molar-refractivity contribution is 5.83. The van der Waals surface area contributed by atoms with Gasteiger partial charge in [0.1, 0.15) is 5.69 Å². The van der Waals surface area contributed by atoms with E-state index in [2.05, 4.69) is 33.5 Å². The van der Waals surface area contributed by atoms with E-state index in [0.717, 1.165) is 5.57 Å². The Morgan fingerprint density at radius 1 is 1.38 bits per heavy atom. The Hall–Kier alpha value is -3.02. The number of rotatable bonds is 7. The third kappa shape index (κ3) is 4.49. The summed E-state index contributed by atoms with van der Waals surface area (Å²) in [5.74, 6) is 0.554. The van der Waals surface area contributed by atoms with Crippen LogP contribution in [0, 0.1) is 0 Å². The van der Waals surface area contributed by atoms with E-state index in [0.29, 0.717) is 29.6 Å². The molecule has 2 aromatic heterocycles. The van der Waals surface area contributed by atoms with E-state index >= 15 is 0 Å². The van der Waals surface area contributed by atoms with Crippen LogP contribution in [0.4, 0.5) is 5.95 Å². The highest BCUT2D eigenvalue weighted by Crippen LogP contribution is 2.17. The lowest BCUT2D eigenvalue weighted by atomic mass is 10.2. The number of hydrogen-bond acceptors (Lipinski definition) is 5. The number of carbonyl (C=O) groups excluding carboxylic acids is 1. The monoisotopic (exact) mass is 323 g/mol. The van der Waals surface area contributed by atoms with Crippen molar-refractivity contribution in [2.24, 2.45) is 0 Å². The highest BCUT2D eigenvalue weighted by atomic mass is 16.2. The number of carbonyl (C=O) groups is 1. The summed E-state index contributed by atoms with van der Waals surface area (Å²) in [7, 11) is 0. The third-order valence-electron chi connectivity index (χ3n) is 3.07. The average molecular weight is 323 g/mol. The zero-order valence-corrected chi connectivity index (χ0v) is 14.0. The topological polar surface area (TPSA) is 72.7 Å². The van der Waals surface area contributed by atoms with Gasteiger partial charge in [-0.25, -0.2) is 0 Å². The largest absolute Gasteiger partial charge is 0.350 e. The molecule has 0 radical (unpaired) electrons. The minimum absolute atomic E-state index is 0.164. The quantitative estimate of drug-likeness (QED) is 0.624. The van der Waals surface area contributed by atoms with E-state index in [9.17, 15) is 4.79 Å². The first kappa shape index (κ1) is 17.3. The van der Waals surface area contributed by atoms with Crippen LogP contribution in [0.3, 0.4) is 0 Å². The van der Waals surface area contributed by atoms with Gasteiger partial charge in [-0.3, -0.25) is 9.78 Å². The van der Waals surface area contributed by atoms with Crippen molar-refractivity contribution >= 4 is 11.9 Å². The fourth-order valence-corrected chi connectivity index (χ4v) is 2.00. The van der Waals surface area contributed by atoms with Crippen LogP contribution in [0.15, 0.2) is 60.9 Å². The van der Waals surface area contributed by atoms with Crippen molar-refractivity contribution in [2.75, 3.05) is 11.9 Å². The van der Waals surface area contributed by atoms with Crippen LogP contribution in [0.5, 0.6) is 0 Å². The Bertz CT molecular complexity index is 774. The molecular formula is C18H21N5O. The van der Waals surface area contributed by atoms with E-state index in [1.165, 1.54) is 4.68 Å². The number of nitrogens with one attached hydrogen (secondary N) is 1. The fourth-order valence-electron chi connectivity index (χ4n) is 2.00. The number of allylic oxidation sites excluding steroid dienone is 3. The van der Waals surface area contributed by atoms with Gasteiger partial charge in [-0.1, -0.05) is 36.9 Å². The minimum Gasteiger partial charge on any atom is -0.350 e. The highest BCUT2D eigenvalue weighted by Gasteiger charge is 2.17. The van der Waals surface area contributed by atoms with E-state index in [4.69, 9.17) is 0 Å². The van der Waals surface area contributed by atoms with Crippen LogP contribution in [-0.2, 0) is 0 Å². The zero-order chi connectivity index (χ0) is 17.5. The van der Waals surface area contributed by atoms with E-state index < -0.39 is 0 Å². The van der Waals surface area contributed by atoms with Crippen LogP contribution in [0.2, 0.25) is 0 Å². The molecule has 2 aromatic rings. The third-order valence-corrected chi connectivity index (χ3v) is 3.07. The van der Waals surface area contributed by atoms with Crippen molar-refractivity contribution < 1.29 is 4.79 Å². The standard InChI is InChI=1S/C18H21N5O/c1-5-8-14(4)11-16(24)23-18(20-12-13(2)3)21-17(22-23)15-9-6-7-10-19-15/h5-10H,2,4,11-12H2,1,3H3,(H,20,21,22)/b8-5-. The normalized spacial score (nSPS) is 10.8. The van der Waals surface area contributed by atoms with E-state index in [1.54, 1.807) is 18.3 Å². The molecule has 0 saturated heterocycles. The molecule has 0 atom stereocenters. The number of pyridine rings is 1. The molecule has 0 aliphatic carbocycles. The van der Waals surface area contributed by atoms with Gasteiger partial charge in [0.2, 0.25) is 11.8 Å². The van der Waals surface area contributed by atoms with Gasteiger partial charge in [0.05, 0.1) is 6.42 Å². The van der Waals surface area contributed by atoms with Gasteiger partial charge < -0.3 is 5.32 Å². The minimum atomic E-state index is -0.211. The second-order valence-electron chi connectivity index (χ2n) is 5.43. The first-order chi connectivity index (χ1) is 11.5. The molecule has 6 heteroatoms. The summed E-state index contributed by atoms with van der Waals surface area (Å²) in [6.45, 7) is 12.0. The molecule has 0 bridgehead atoms. The Balaban J connectivity index is 2.32. The number of nitrogens with zero attached hydrogens (tertiary/aromatic N) is 4. The van der Waals surface area contributed by atoms with Gasteiger partial charge in [0, 0.05) is 12.7 Å². The molecule has 0 spiro atoms. The van der Waals surface area contributed by atoms with Crippen LogP contribution >= 0.6 is 0 Å². The number of aromatic nitrogens is 4. The van der Waals surface area contributed by atoms with Crippen molar-refractivity contribution in [3.63, 3.8) is 0 Å². The summed E-state index contributed by atoms with van der Waals surface area (Å²) in [5.41, 5.74) is 2.24. The molecule has 0 amide bonds. The van der Waals surface area contributed by atoms with Gasteiger partial charge >= 0.3 is 0 Å². The van der Waals surface area contributed by atoms with Crippen LogP contribution in [0.1, 0.15) is 25.1 Å². The molecule has 0 saturated carbocycles. The molecule has 24 heavy (non-hydrogen) atoms.